The van der Waals surface area contributed by atoms with E-state index in [0.717, 1.165) is 17.2 Å². The standard InChI is InChI=1S/C17H21N3S/c1-11-7-5-6-8-15(11)13(3)18-9-16-14(4)19-17-20(16)10-12(2)21-17/h5-8,10,13,18H,9H2,1-4H3. The maximum Gasteiger partial charge on any atom is 0.194 e. The Balaban J connectivity index is 1.80. The number of imidazole rings is 1. The lowest BCUT2D eigenvalue weighted by Gasteiger charge is -2.16. The number of hydrogen-bond donors (Lipinski definition) is 1. The molecule has 1 atom stereocenters. The van der Waals surface area contributed by atoms with Crippen molar-refractivity contribution in [1.82, 2.24) is 14.7 Å². The number of aryl methyl sites for hydroxylation is 3. The SMILES string of the molecule is Cc1cn2c(CNC(C)c3ccccc3C)c(C)nc2s1. The fourth-order valence-electron chi connectivity index (χ4n) is 2.75. The minimum Gasteiger partial charge on any atom is -0.305 e. The molecule has 2 aromatic heterocycles. The zero-order valence-electron chi connectivity index (χ0n) is 13.0. The van der Waals surface area contributed by atoms with E-state index in [-0.39, 0.29) is 0 Å². The van der Waals surface area contributed by atoms with Gasteiger partial charge < -0.3 is 5.32 Å². The highest BCUT2D eigenvalue weighted by molar-refractivity contribution is 7.17. The summed E-state index contributed by atoms with van der Waals surface area (Å²) in [5.74, 6) is 0. The number of nitrogens with zero attached hydrogens (tertiary/aromatic N) is 2. The summed E-state index contributed by atoms with van der Waals surface area (Å²) < 4.78 is 2.22. The van der Waals surface area contributed by atoms with Gasteiger partial charge >= 0.3 is 0 Å². The molecule has 1 aromatic carbocycles. The van der Waals surface area contributed by atoms with Gasteiger partial charge in [-0.15, -0.1) is 11.3 Å². The summed E-state index contributed by atoms with van der Waals surface area (Å²) in [5, 5.41) is 3.63. The molecule has 0 aliphatic heterocycles. The molecule has 1 unspecified atom stereocenters. The molecule has 4 heteroatoms. The molecule has 110 valence electrons. The van der Waals surface area contributed by atoms with Gasteiger partial charge in [0.25, 0.3) is 0 Å². The van der Waals surface area contributed by atoms with Crippen molar-refractivity contribution < 1.29 is 0 Å². The number of nitrogens with one attached hydrogen (secondary N) is 1. The molecule has 21 heavy (non-hydrogen) atoms. The number of thiazole rings is 1. The largest absolute Gasteiger partial charge is 0.305 e. The van der Waals surface area contributed by atoms with Crippen LogP contribution in [0.4, 0.5) is 0 Å². The lowest BCUT2D eigenvalue weighted by atomic mass is 10.0. The normalized spacial score (nSPS) is 13.0. The van der Waals surface area contributed by atoms with E-state index in [9.17, 15) is 0 Å². The molecule has 3 aromatic rings. The summed E-state index contributed by atoms with van der Waals surface area (Å²) >= 11 is 1.74. The highest BCUT2D eigenvalue weighted by Crippen LogP contribution is 2.22. The summed E-state index contributed by atoms with van der Waals surface area (Å²) in [6.07, 6.45) is 2.18. The van der Waals surface area contributed by atoms with Crippen molar-refractivity contribution >= 4 is 16.3 Å². The Kier molecular flexibility index (Phi) is 3.83. The molecular weight excluding hydrogens is 278 g/mol. The van der Waals surface area contributed by atoms with Gasteiger partial charge in [0, 0.05) is 23.7 Å². The van der Waals surface area contributed by atoms with E-state index < -0.39 is 0 Å². The second-order valence-corrected chi connectivity index (χ2v) is 6.81. The van der Waals surface area contributed by atoms with Crippen LogP contribution in [0.1, 0.15) is 40.4 Å². The molecule has 0 aliphatic rings. The predicted octanol–water partition coefficient (Wildman–Crippen LogP) is 4.17. The van der Waals surface area contributed by atoms with E-state index in [1.54, 1.807) is 11.3 Å². The summed E-state index contributed by atoms with van der Waals surface area (Å²) in [7, 11) is 0. The quantitative estimate of drug-likeness (QED) is 0.783. The Hall–Kier alpha value is -1.65. The van der Waals surface area contributed by atoms with Gasteiger partial charge in [-0.3, -0.25) is 4.40 Å². The molecule has 0 amide bonds. The van der Waals surface area contributed by atoms with Crippen LogP contribution in [0.2, 0.25) is 0 Å². The van der Waals surface area contributed by atoms with Crippen molar-refractivity contribution in [2.24, 2.45) is 0 Å². The van der Waals surface area contributed by atoms with Crippen LogP contribution in [0.15, 0.2) is 30.5 Å². The monoisotopic (exact) mass is 299 g/mol. The Labute approximate surface area is 129 Å². The van der Waals surface area contributed by atoms with Crippen molar-refractivity contribution in [3.05, 3.63) is 57.9 Å². The molecule has 0 saturated heterocycles. The van der Waals surface area contributed by atoms with E-state index in [1.165, 1.54) is 21.7 Å². The van der Waals surface area contributed by atoms with Crippen LogP contribution in [-0.2, 0) is 6.54 Å². The molecule has 3 nitrogen and oxygen atoms in total. The maximum absolute atomic E-state index is 4.64. The molecule has 2 heterocycles. The van der Waals surface area contributed by atoms with Gasteiger partial charge in [-0.2, -0.15) is 0 Å². The van der Waals surface area contributed by atoms with Crippen LogP contribution in [0, 0.1) is 20.8 Å². The molecular formula is C17H21N3S. The fraction of sp³-hybridized carbons (Fsp3) is 0.353. The first-order valence-electron chi connectivity index (χ1n) is 7.29. The lowest BCUT2D eigenvalue weighted by molar-refractivity contribution is 0.562. The Bertz CT molecular complexity index is 770. The smallest absolute Gasteiger partial charge is 0.194 e. The van der Waals surface area contributed by atoms with E-state index >= 15 is 0 Å². The van der Waals surface area contributed by atoms with Crippen molar-refractivity contribution in [3.63, 3.8) is 0 Å². The molecule has 0 aliphatic carbocycles. The second kappa shape index (κ2) is 5.62. The van der Waals surface area contributed by atoms with Gasteiger partial charge in [-0.05, 0) is 38.8 Å². The first kappa shape index (κ1) is 14.3. The number of aromatic nitrogens is 2. The highest BCUT2D eigenvalue weighted by Gasteiger charge is 2.13. The molecule has 3 rings (SSSR count). The van der Waals surface area contributed by atoms with Crippen LogP contribution in [-0.4, -0.2) is 9.38 Å². The minimum atomic E-state index is 0.330. The zero-order chi connectivity index (χ0) is 15.0. The molecule has 0 saturated carbocycles. The van der Waals surface area contributed by atoms with Gasteiger partial charge in [0.05, 0.1) is 11.4 Å². The lowest BCUT2D eigenvalue weighted by Crippen LogP contribution is -2.20. The van der Waals surface area contributed by atoms with Gasteiger partial charge in [0.1, 0.15) is 0 Å². The summed E-state index contributed by atoms with van der Waals surface area (Å²) in [6.45, 7) is 9.43. The third-order valence-corrected chi connectivity index (χ3v) is 4.87. The summed E-state index contributed by atoms with van der Waals surface area (Å²) in [4.78, 5) is 7.03. The maximum atomic E-state index is 4.64. The van der Waals surface area contributed by atoms with Crippen LogP contribution in [0.5, 0.6) is 0 Å². The summed E-state index contributed by atoms with van der Waals surface area (Å²) in [5.41, 5.74) is 5.07. The first-order chi connectivity index (χ1) is 10.1. The van der Waals surface area contributed by atoms with Crippen molar-refractivity contribution in [3.8, 4) is 0 Å². The van der Waals surface area contributed by atoms with Crippen LogP contribution in [0.25, 0.3) is 4.96 Å². The van der Waals surface area contributed by atoms with Crippen LogP contribution >= 0.6 is 11.3 Å². The third-order valence-electron chi connectivity index (χ3n) is 3.97. The van der Waals surface area contributed by atoms with Crippen molar-refractivity contribution in [2.75, 3.05) is 0 Å². The van der Waals surface area contributed by atoms with Gasteiger partial charge in [0.2, 0.25) is 0 Å². The average molecular weight is 299 g/mol. The first-order valence-corrected chi connectivity index (χ1v) is 8.11. The van der Waals surface area contributed by atoms with Crippen molar-refractivity contribution in [1.29, 1.82) is 0 Å². The molecule has 1 N–H and O–H groups in total. The zero-order valence-corrected chi connectivity index (χ0v) is 13.8. The molecule has 0 fully saturated rings. The number of hydrogen-bond acceptors (Lipinski definition) is 3. The van der Waals surface area contributed by atoms with Crippen molar-refractivity contribution in [2.45, 2.75) is 40.3 Å². The topological polar surface area (TPSA) is 29.3 Å². The molecule has 0 radical (unpaired) electrons. The Morgan fingerprint density at radius 1 is 1.24 bits per heavy atom. The summed E-state index contributed by atoms with van der Waals surface area (Å²) in [6, 6.07) is 8.88. The van der Waals surface area contributed by atoms with Crippen LogP contribution in [0.3, 0.4) is 0 Å². The third kappa shape index (κ3) is 2.74. The van der Waals surface area contributed by atoms with E-state index in [1.807, 2.05) is 0 Å². The fourth-order valence-corrected chi connectivity index (χ4v) is 3.64. The Morgan fingerprint density at radius 3 is 2.76 bits per heavy atom. The predicted molar refractivity (Wildman–Crippen MR) is 89.0 cm³/mol. The highest BCUT2D eigenvalue weighted by atomic mass is 32.1. The van der Waals surface area contributed by atoms with E-state index in [4.69, 9.17) is 0 Å². The van der Waals surface area contributed by atoms with Gasteiger partial charge in [-0.1, -0.05) is 24.3 Å². The number of rotatable bonds is 4. The molecule has 0 bridgehead atoms. The minimum absolute atomic E-state index is 0.330. The number of fused-ring (bicyclic) bond motifs is 1. The second-order valence-electron chi connectivity index (χ2n) is 5.60. The average Bonchev–Trinajstić information content (AvgIpc) is 2.92. The van der Waals surface area contributed by atoms with E-state index in [2.05, 4.69) is 72.9 Å². The van der Waals surface area contributed by atoms with E-state index in [0.29, 0.717) is 6.04 Å². The molecule has 0 spiro atoms. The van der Waals surface area contributed by atoms with Crippen LogP contribution < -0.4 is 5.32 Å². The Morgan fingerprint density at radius 2 is 2.00 bits per heavy atom. The van der Waals surface area contributed by atoms with Gasteiger partial charge in [-0.25, -0.2) is 4.98 Å². The number of benzene rings is 1. The van der Waals surface area contributed by atoms with Gasteiger partial charge in [0.15, 0.2) is 4.96 Å².